The van der Waals surface area contributed by atoms with Crippen molar-refractivity contribution in [2.45, 2.75) is 19.3 Å². The zero-order valence-corrected chi connectivity index (χ0v) is 11.1. The summed E-state index contributed by atoms with van der Waals surface area (Å²) >= 11 is 0. The summed E-state index contributed by atoms with van der Waals surface area (Å²) in [5.41, 5.74) is 11.5. The minimum absolute atomic E-state index is 0.217. The monoisotopic (exact) mass is 264 g/mol. The maximum Gasteiger partial charge on any atom is 0.238 e. The van der Waals surface area contributed by atoms with E-state index in [9.17, 15) is 4.79 Å². The van der Waals surface area contributed by atoms with Crippen LogP contribution in [-0.4, -0.2) is 31.1 Å². The lowest BCUT2D eigenvalue weighted by Gasteiger charge is -2.32. The van der Waals surface area contributed by atoms with Crippen molar-refractivity contribution in [3.8, 4) is 5.88 Å². The van der Waals surface area contributed by atoms with Crippen molar-refractivity contribution < 1.29 is 9.53 Å². The van der Waals surface area contributed by atoms with E-state index in [4.69, 9.17) is 16.2 Å². The lowest BCUT2D eigenvalue weighted by Crippen LogP contribution is -2.35. The molecule has 0 aliphatic carbocycles. The summed E-state index contributed by atoms with van der Waals surface area (Å²) in [6.45, 7) is 1.75. The van der Waals surface area contributed by atoms with Gasteiger partial charge in [-0.2, -0.15) is 4.98 Å². The summed E-state index contributed by atoms with van der Waals surface area (Å²) in [5.74, 6) is 1.50. The normalized spacial score (nSPS) is 16.4. The fourth-order valence-corrected chi connectivity index (χ4v) is 2.43. The predicted molar refractivity (Wildman–Crippen MR) is 73.9 cm³/mol. The Morgan fingerprint density at radius 2 is 2.16 bits per heavy atom. The number of anilines is 2. The smallest absolute Gasteiger partial charge is 0.238 e. The highest BCUT2D eigenvalue weighted by Gasteiger charge is 2.21. The van der Waals surface area contributed by atoms with Crippen LogP contribution in [-0.2, 0) is 4.79 Å². The lowest BCUT2D eigenvalue weighted by atomic mass is 9.93. The van der Waals surface area contributed by atoms with Crippen molar-refractivity contribution in [2.24, 2.45) is 11.7 Å². The van der Waals surface area contributed by atoms with E-state index in [2.05, 4.69) is 9.88 Å². The number of nitrogen functional groups attached to an aromatic ring is 1. The number of piperidine rings is 1. The van der Waals surface area contributed by atoms with Crippen LogP contribution in [0.4, 0.5) is 11.5 Å². The van der Waals surface area contributed by atoms with Gasteiger partial charge in [0.2, 0.25) is 11.8 Å². The molecule has 1 aliphatic rings. The third kappa shape index (κ3) is 3.27. The molecule has 1 aliphatic heterocycles. The Morgan fingerprint density at radius 3 is 2.74 bits per heavy atom. The summed E-state index contributed by atoms with van der Waals surface area (Å²) in [6.07, 6.45) is 2.39. The second-order valence-electron chi connectivity index (χ2n) is 4.87. The number of hydrogen-bond acceptors (Lipinski definition) is 5. The van der Waals surface area contributed by atoms with Gasteiger partial charge in [0.15, 0.2) is 0 Å². The third-order valence-electron chi connectivity index (χ3n) is 3.50. The first kappa shape index (κ1) is 13.5. The summed E-state index contributed by atoms with van der Waals surface area (Å²) in [6, 6.07) is 3.70. The molecule has 0 radical (unpaired) electrons. The van der Waals surface area contributed by atoms with E-state index in [1.54, 1.807) is 13.2 Å². The summed E-state index contributed by atoms with van der Waals surface area (Å²) in [7, 11) is 1.56. The molecule has 6 heteroatoms. The largest absolute Gasteiger partial charge is 0.479 e. The minimum Gasteiger partial charge on any atom is -0.479 e. The second kappa shape index (κ2) is 5.77. The molecule has 4 N–H and O–H groups in total. The number of hydrogen-bond donors (Lipinski definition) is 2. The van der Waals surface area contributed by atoms with E-state index in [1.807, 2.05) is 6.07 Å². The number of nitrogens with zero attached hydrogens (tertiary/aromatic N) is 2. The highest BCUT2D eigenvalue weighted by molar-refractivity contribution is 5.74. The van der Waals surface area contributed by atoms with Gasteiger partial charge < -0.3 is 21.1 Å². The Hall–Kier alpha value is -1.98. The number of carbonyl (C=O) groups excluding carboxylic acids is 1. The molecule has 1 aromatic rings. The molecular formula is C13H20N4O2. The SMILES string of the molecule is COc1nc(N2CCC(CC(N)=O)CC2)ccc1N. The van der Waals surface area contributed by atoms with Gasteiger partial charge in [-0.05, 0) is 30.9 Å². The van der Waals surface area contributed by atoms with Crippen LogP contribution in [0.1, 0.15) is 19.3 Å². The van der Waals surface area contributed by atoms with Crippen molar-refractivity contribution in [3.63, 3.8) is 0 Å². The number of ether oxygens (including phenoxy) is 1. The van der Waals surface area contributed by atoms with Crippen molar-refractivity contribution in [1.82, 2.24) is 4.98 Å². The fourth-order valence-electron chi connectivity index (χ4n) is 2.43. The summed E-state index contributed by atoms with van der Waals surface area (Å²) in [5, 5.41) is 0. The highest BCUT2D eigenvalue weighted by Crippen LogP contribution is 2.27. The molecule has 1 amide bonds. The van der Waals surface area contributed by atoms with Crippen molar-refractivity contribution in [1.29, 1.82) is 0 Å². The van der Waals surface area contributed by atoms with Gasteiger partial charge >= 0.3 is 0 Å². The molecule has 0 unspecified atom stereocenters. The predicted octanol–water partition coefficient (Wildman–Crippen LogP) is 0.764. The maximum atomic E-state index is 10.9. The molecule has 0 atom stereocenters. The van der Waals surface area contributed by atoms with Gasteiger partial charge in [-0.3, -0.25) is 4.79 Å². The number of rotatable bonds is 4. The van der Waals surface area contributed by atoms with Gasteiger partial charge in [-0.25, -0.2) is 0 Å². The molecule has 0 aromatic carbocycles. The van der Waals surface area contributed by atoms with Gasteiger partial charge in [0.05, 0.1) is 12.8 Å². The van der Waals surface area contributed by atoms with Crippen molar-refractivity contribution in [3.05, 3.63) is 12.1 Å². The van der Waals surface area contributed by atoms with Crippen LogP contribution >= 0.6 is 0 Å². The number of carbonyl (C=O) groups is 1. The van der Waals surface area contributed by atoms with Crippen LogP contribution in [0.25, 0.3) is 0 Å². The Kier molecular flexibility index (Phi) is 4.09. The van der Waals surface area contributed by atoms with Crippen LogP contribution in [0.3, 0.4) is 0 Å². The first-order chi connectivity index (χ1) is 9.10. The van der Waals surface area contributed by atoms with Crippen LogP contribution in [0, 0.1) is 5.92 Å². The Labute approximate surface area is 112 Å². The molecule has 0 bridgehead atoms. The van der Waals surface area contributed by atoms with E-state index in [0.29, 0.717) is 23.9 Å². The zero-order chi connectivity index (χ0) is 13.8. The molecule has 104 valence electrons. The van der Waals surface area contributed by atoms with Crippen molar-refractivity contribution in [2.75, 3.05) is 30.8 Å². The number of primary amides is 1. The fraction of sp³-hybridized carbons (Fsp3) is 0.538. The number of methoxy groups -OCH3 is 1. The average molecular weight is 264 g/mol. The maximum absolute atomic E-state index is 10.9. The number of nitrogens with two attached hydrogens (primary N) is 2. The standard InChI is InChI=1S/C13H20N4O2/c1-19-13-10(14)2-3-12(16-13)17-6-4-9(5-7-17)8-11(15)18/h2-3,9H,4-8,14H2,1H3,(H2,15,18). The Balaban J connectivity index is 1.99. The van der Waals surface area contributed by atoms with E-state index in [0.717, 1.165) is 31.7 Å². The van der Waals surface area contributed by atoms with E-state index >= 15 is 0 Å². The van der Waals surface area contributed by atoms with E-state index < -0.39 is 0 Å². The Bertz CT molecular complexity index is 456. The first-order valence-electron chi connectivity index (χ1n) is 6.44. The molecule has 0 spiro atoms. The van der Waals surface area contributed by atoms with Gasteiger partial charge in [-0.1, -0.05) is 0 Å². The van der Waals surface area contributed by atoms with Crippen LogP contribution in [0.15, 0.2) is 12.1 Å². The molecule has 0 saturated carbocycles. The van der Waals surface area contributed by atoms with Gasteiger partial charge in [-0.15, -0.1) is 0 Å². The van der Waals surface area contributed by atoms with E-state index in [1.165, 1.54) is 0 Å². The quantitative estimate of drug-likeness (QED) is 0.837. The molecule has 2 rings (SSSR count). The zero-order valence-electron chi connectivity index (χ0n) is 11.1. The molecule has 19 heavy (non-hydrogen) atoms. The summed E-state index contributed by atoms with van der Waals surface area (Å²) in [4.78, 5) is 17.5. The molecule has 2 heterocycles. The number of aromatic nitrogens is 1. The molecule has 1 saturated heterocycles. The number of amides is 1. The van der Waals surface area contributed by atoms with Gasteiger partial charge in [0.25, 0.3) is 0 Å². The highest BCUT2D eigenvalue weighted by atomic mass is 16.5. The molecule has 1 aromatic heterocycles. The van der Waals surface area contributed by atoms with Crippen LogP contribution < -0.4 is 21.1 Å². The molecular weight excluding hydrogens is 244 g/mol. The first-order valence-corrected chi connectivity index (χ1v) is 6.44. The van der Waals surface area contributed by atoms with Crippen LogP contribution in [0.5, 0.6) is 5.88 Å². The average Bonchev–Trinajstić information content (AvgIpc) is 2.40. The molecule has 6 nitrogen and oxygen atoms in total. The topological polar surface area (TPSA) is 94.5 Å². The second-order valence-corrected chi connectivity index (χ2v) is 4.87. The third-order valence-corrected chi connectivity index (χ3v) is 3.50. The minimum atomic E-state index is -0.217. The van der Waals surface area contributed by atoms with Crippen molar-refractivity contribution >= 4 is 17.4 Å². The van der Waals surface area contributed by atoms with Gasteiger partial charge in [0, 0.05) is 19.5 Å². The lowest BCUT2D eigenvalue weighted by molar-refractivity contribution is -0.119. The Morgan fingerprint density at radius 1 is 1.47 bits per heavy atom. The van der Waals surface area contributed by atoms with E-state index in [-0.39, 0.29) is 5.91 Å². The summed E-state index contributed by atoms with van der Waals surface area (Å²) < 4.78 is 5.13. The van der Waals surface area contributed by atoms with Gasteiger partial charge in [0.1, 0.15) is 5.82 Å². The van der Waals surface area contributed by atoms with Crippen LogP contribution in [0.2, 0.25) is 0 Å². The molecule has 1 fully saturated rings. The number of pyridine rings is 1.